The van der Waals surface area contributed by atoms with Crippen LogP contribution in [0, 0.1) is 18.3 Å². The van der Waals surface area contributed by atoms with Gasteiger partial charge in [-0.3, -0.25) is 4.79 Å². The minimum absolute atomic E-state index is 0.0383. The number of halogens is 2. The molecule has 0 bridgehead atoms. The molecular formula is C63H57Cl2NO19. The Bertz CT molecular complexity index is 3440. The molecule has 7 heterocycles. The van der Waals surface area contributed by atoms with Crippen LogP contribution < -0.4 is 66.3 Å². The molecule has 0 amide bonds. The summed E-state index contributed by atoms with van der Waals surface area (Å²) in [5.41, 5.74) is 5.59. The smallest absolute Gasteiger partial charge is 0.337 e. The van der Waals surface area contributed by atoms with Gasteiger partial charge in [0.2, 0.25) is 47.6 Å². The summed E-state index contributed by atoms with van der Waals surface area (Å²) in [5, 5.41) is 26.9. The topological polar surface area (TPSA) is 237 Å². The zero-order chi connectivity index (χ0) is 59.3. The molecule has 0 atom stereocenters. The number of carbonyl (C=O) groups is 2. The summed E-state index contributed by atoms with van der Waals surface area (Å²) < 4.78 is 76.7. The number of carboxylic acids is 1. The first-order chi connectivity index (χ1) is 41.4. The molecule has 7 aliphatic heterocycles. The molecule has 0 saturated heterocycles. The van der Waals surface area contributed by atoms with Gasteiger partial charge in [-0.2, -0.15) is 5.26 Å². The molecule has 16 rings (SSSR count). The second-order valence-electron chi connectivity index (χ2n) is 19.6. The molecule has 442 valence electrons. The highest BCUT2D eigenvalue weighted by Gasteiger charge is 2.52. The number of ether oxygens (including phenoxy) is 15. The van der Waals surface area contributed by atoms with E-state index in [1.165, 1.54) is 12.7 Å². The molecule has 2 saturated carbocycles. The van der Waals surface area contributed by atoms with Crippen molar-refractivity contribution < 1.29 is 90.9 Å². The maximum atomic E-state index is 11.1. The Hall–Kier alpha value is -9.29. The first-order valence-corrected chi connectivity index (χ1v) is 27.7. The number of aryl methyl sites for hydroxylation is 1. The third-order valence-electron chi connectivity index (χ3n) is 14.1. The maximum absolute atomic E-state index is 11.1. The Kier molecular flexibility index (Phi) is 18.7. The lowest BCUT2D eigenvalue weighted by Gasteiger charge is -2.10. The highest BCUT2D eigenvalue weighted by molar-refractivity contribution is 6.17. The van der Waals surface area contributed by atoms with Crippen molar-refractivity contribution in [1.29, 1.82) is 5.26 Å². The van der Waals surface area contributed by atoms with E-state index in [0.717, 1.165) is 98.2 Å². The number of fused-ring (bicyclic) bond motifs is 7. The molecule has 9 aliphatic rings. The number of methoxy groups -OCH3 is 1. The van der Waals surface area contributed by atoms with E-state index in [2.05, 4.69) is 10.8 Å². The van der Waals surface area contributed by atoms with Gasteiger partial charge in [0.1, 0.15) is 0 Å². The van der Waals surface area contributed by atoms with Crippen molar-refractivity contribution in [2.45, 2.75) is 61.8 Å². The number of aliphatic hydroxyl groups excluding tert-OH is 1. The predicted molar refractivity (Wildman–Crippen MR) is 304 cm³/mol. The van der Waals surface area contributed by atoms with E-state index < -0.39 is 11.4 Å². The second kappa shape index (κ2) is 27.0. The summed E-state index contributed by atoms with van der Waals surface area (Å²) in [7, 11) is 1.34. The number of nitrogens with zero attached hydrogens (tertiary/aromatic N) is 1. The quantitative estimate of drug-likeness (QED) is 0.111. The van der Waals surface area contributed by atoms with Gasteiger partial charge in [0, 0.05) is 11.8 Å². The van der Waals surface area contributed by atoms with Crippen molar-refractivity contribution in [1.82, 2.24) is 0 Å². The summed E-state index contributed by atoms with van der Waals surface area (Å²) in [6, 6.07) is 41.2. The first kappa shape index (κ1) is 58.9. The maximum Gasteiger partial charge on any atom is 0.337 e. The highest BCUT2D eigenvalue weighted by atomic mass is 35.5. The molecule has 7 aromatic carbocycles. The van der Waals surface area contributed by atoms with E-state index in [4.69, 9.17) is 105 Å². The van der Waals surface area contributed by atoms with Gasteiger partial charge in [0.15, 0.2) is 80.5 Å². The number of nitriles is 1. The van der Waals surface area contributed by atoms with Crippen molar-refractivity contribution in [3.8, 4) is 86.6 Å². The van der Waals surface area contributed by atoms with Crippen LogP contribution in [0.15, 0.2) is 127 Å². The number of carboxylic acid groups (broad SMARTS) is 1. The summed E-state index contributed by atoms with van der Waals surface area (Å²) in [6.07, 6.45) is 3.34. The fourth-order valence-electron chi connectivity index (χ4n) is 8.96. The van der Waals surface area contributed by atoms with Crippen molar-refractivity contribution in [3.05, 3.63) is 166 Å². The third-order valence-corrected chi connectivity index (χ3v) is 14.7. The molecule has 2 aliphatic carbocycles. The largest absolute Gasteiger partial charge is 0.481 e. The normalized spacial score (nSPS) is 15.7. The highest BCUT2D eigenvalue weighted by Crippen LogP contribution is 2.51. The van der Waals surface area contributed by atoms with Crippen molar-refractivity contribution >= 4 is 35.1 Å². The predicted octanol–water partition coefficient (Wildman–Crippen LogP) is 11.6. The first-order valence-electron chi connectivity index (χ1n) is 26.6. The molecule has 22 heteroatoms. The van der Waals surface area contributed by atoms with Crippen LogP contribution in [0.5, 0.6) is 80.5 Å². The third kappa shape index (κ3) is 14.2. The SMILES string of the molecule is COC(=O)c1ccc2c(c1)OCO2.Cc1ccc2c(c1)OCO2.ClCc1ccc2c(c1)OCO2.ClCc1ccc2c(c1)OCO2.N#CC1(c2ccc3c(c2)OCO3)CC1.O=C(O)C1(c2ccc3c(c2)OCO3)CC1.OCc1ccc2c(c1)OCO2. The van der Waals surface area contributed by atoms with Crippen LogP contribution in [-0.2, 0) is 38.7 Å². The molecule has 2 fully saturated rings. The minimum Gasteiger partial charge on any atom is -0.481 e. The summed E-state index contributed by atoms with van der Waals surface area (Å²) >= 11 is 11.3. The number of esters is 1. The monoisotopic (exact) mass is 1200 g/mol. The Morgan fingerprint density at radius 3 is 1.19 bits per heavy atom. The fraction of sp³-hybridized carbons (Fsp3) is 0.286. The zero-order valence-corrected chi connectivity index (χ0v) is 47.6. The van der Waals surface area contributed by atoms with Crippen molar-refractivity contribution in [2.24, 2.45) is 0 Å². The minimum atomic E-state index is -0.749. The van der Waals surface area contributed by atoms with Crippen LogP contribution >= 0.6 is 23.2 Å². The van der Waals surface area contributed by atoms with Crippen molar-refractivity contribution in [2.75, 3.05) is 54.7 Å². The number of aliphatic carboxylic acids is 1. The molecule has 0 spiro atoms. The standard InChI is InChI=1S/C11H9NO2.C11H10O4.C9H8O4.2C8H7ClO2.C8H8O3.C8H8O2/c12-6-11(3-4-11)8-1-2-9-10(5-8)14-7-13-9;12-10(13)11(3-4-11)7-1-2-8-9(5-7)15-6-14-8;1-11-9(10)6-2-3-7-8(4-6)13-5-12-7;3*9-4-6-1-2-7-8(3-6)11-5-10-7;1-6-2-3-7-8(4-6)10-5-9-7/h1-2,5H,3-4,7H2;1-2,5H,3-4,6H2,(H,12,13);2-4H,5H2,1H3;2*1-3H,4-5H2;1-3,9H,4-5H2;2-4H,5H2,1H3. The summed E-state index contributed by atoms with van der Waals surface area (Å²) in [6.45, 7) is 4.07. The van der Waals surface area contributed by atoms with Gasteiger partial charge in [-0.1, -0.05) is 36.4 Å². The van der Waals surface area contributed by atoms with Gasteiger partial charge in [-0.15, -0.1) is 23.2 Å². The number of hydrogen-bond donors (Lipinski definition) is 2. The number of aliphatic hydroxyl groups is 1. The van der Waals surface area contributed by atoms with Gasteiger partial charge in [-0.25, -0.2) is 4.79 Å². The second-order valence-corrected chi connectivity index (χ2v) is 20.2. The number of alkyl halides is 2. The van der Waals surface area contributed by atoms with Gasteiger partial charge in [-0.05, 0) is 157 Å². The molecule has 2 N–H and O–H groups in total. The van der Waals surface area contributed by atoms with E-state index in [9.17, 15) is 9.59 Å². The molecule has 0 aromatic heterocycles. The van der Waals surface area contributed by atoms with Gasteiger partial charge in [0.25, 0.3) is 0 Å². The van der Waals surface area contributed by atoms with Crippen LogP contribution in [0.4, 0.5) is 0 Å². The number of carbonyl (C=O) groups excluding carboxylic acids is 1. The average molecular weight is 1200 g/mol. The lowest BCUT2D eigenvalue weighted by Crippen LogP contribution is -2.19. The molecular weight excluding hydrogens is 1150 g/mol. The van der Waals surface area contributed by atoms with Crippen LogP contribution in [0.3, 0.4) is 0 Å². The van der Waals surface area contributed by atoms with Crippen LogP contribution in [0.2, 0.25) is 0 Å². The lowest BCUT2D eigenvalue weighted by molar-refractivity contribution is -0.140. The fourth-order valence-corrected chi connectivity index (χ4v) is 9.29. The summed E-state index contributed by atoms with van der Waals surface area (Å²) in [5.74, 6) is 10.4. The van der Waals surface area contributed by atoms with Gasteiger partial charge >= 0.3 is 11.9 Å². The Labute approximate surface area is 498 Å². The van der Waals surface area contributed by atoms with E-state index >= 15 is 0 Å². The van der Waals surface area contributed by atoms with Gasteiger partial charge < -0.3 is 81.3 Å². The zero-order valence-electron chi connectivity index (χ0n) is 46.1. The van der Waals surface area contributed by atoms with E-state index in [0.29, 0.717) is 80.3 Å². The average Bonchev–Trinajstić information content (AvgIpc) is 3.04. The molecule has 20 nitrogen and oxygen atoms in total. The summed E-state index contributed by atoms with van der Waals surface area (Å²) in [4.78, 5) is 22.2. The van der Waals surface area contributed by atoms with E-state index in [-0.39, 0.29) is 38.4 Å². The van der Waals surface area contributed by atoms with Crippen molar-refractivity contribution in [3.63, 3.8) is 0 Å². The molecule has 85 heavy (non-hydrogen) atoms. The Balaban J connectivity index is 0.000000111. The molecule has 7 aromatic rings. The van der Waals surface area contributed by atoms with E-state index in [1.807, 2.05) is 91.9 Å². The molecule has 0 unspecified atom stereocenters. The Morgan fingerprint density at radius 1 is 0.459 bits per heavy atom. The van der Waals surface area contributed by atoms with Gasteiger partial charge in [0.05, 0.1) is 36.2 Å². The number of rotatable bonds is 7. The van der Waals surface area contributed by atoms with Crippen LogP contribution in [0.1, 0.15) is 69.4 Å². The Morgan fingerprint density at radius 2 is 0.800 bits per heavy atom. The number of hydrogen-bond acceptors (Lipinski definition) is 19. The lowest BCUT2D eigenvalue weighted by atomic mass is 9.96. The molecule has 0 radical (unpaired) electrons. The van der Waals surface area contributed by atoms with E-state index in [1.54, 1.807) is 42.5 Å². The van der Waals surface area contributed by atoms with Crippen LogP contribution in [0.25, 0.3) is 0 Å². The number of benzene rings is 7. The van der Waals surface area contributed by atoms with Crippen LogP contribution in [-0.4, -0.2) is 76.8 Å².